The van der Waals surface area contributed by atoms with Crippen LogP contribution in [0.3, 0.4) is 0 Å². The molecule has 1 aliphatic heterocycles. The highest BCUT2D eigenvalue weighted by molar-refractivity contribution is 8.00. The number of anilines is 1. The van der Waals surface area contributed by atoms with Crippen molar-refractivity contribution < 1.29 is 14.3 Å². The van der Waals surface area contributed by atoms with Crippen LogP contribution in [0.1, 0.15) is 35.9 Å². The zero-order valence-corrected chi connectivity index (χ0v) is 18.8. The lowest BCUT2D eigenvalue weighted by atomic mass is 10.0. The maximum atomic E-state index is 12.5. The lowest BCUT2D eigenvalue weighted by molar-refractivity contribution is -0.113. The van der Waals surface area contributed by atoms with Gasteiger partial charge in [0.2, 0.25) is 5.91 Å². The lowest BCUT2D eigenvalue weighted by Gasteiger charge is -2.18. The molecule has 0 bridgehead atoms. The summed E-state index contributed by atoms with van der Waals surface area (Å²) in [6.45, 7) is 6.75. The van der Waals surface area contributed by atoms with Gasteiger partial charge in [0, 0.05) is 18.0 Å². The first kappa shape index (κ1) is 21.2. The number of ether oxygens (including phenoxy) is 2. The van der Waals surface area contributed by atoms with Crippen molar-refractivity contribution in [3.63, 3.8) is 0 Å². The number of fused-ring (bicyclic) bond motifs is 1. The first-order valence-corrected chi connectivity index (χ1v) is 11.1. The maximum absolute atomic E-state index is 12.5. The van der Waals surface area contributed by atoms with E-state index in [4.69, 9.17) is 9.47 Å². The molecule has 1 N–H and O–H groups in total. The number of aryl methyl sites for hydroxylation is 1. The van der Waals surface area contributed by atoms with E-state index in [0.717, 1.165) is 16.8 Å². The zero-order valence-electron chi connectivity index (χ0n) is 18.0. The summed E-state index contributed by atoms with van der Waals surface area (Å²) in [6.07, 6.45) is 3.30. The average molecular weight is 440 g/mol. The molecule has 4 rings (SSSR count). The van der Waals surface area contributed by atoms with E-state index < -0.39 is 0 Å². The van der Waals surface area contributed by atoms with E-state index in [-0.39, 0.29) is 11.2 Å². The molecule has 1 amide bonds. The number of rotatable bonds is 6. The zero-order chi connectivity index (χ0) is 22.0. The van der Waals surface area contributed by atoms with Crippen LogP contribution in [-0.4, -0.2) is 45.1 Å². The van der Waals surface area contributed by atoms with E-state index in [1.807, 2.05) is 25.1 Å². The number of benzene rings is 1. The lowest BCUT2D eigenvalue weighted by Crippen LogP contribution is -2.16. The Kier molecular flexibility index (Phi) is 6.13. The number of nitrogens with one attached hydrogen (secondary N) is 1. The van der Waals surface area contributed by atoms with E-state index >= 15 is 0 Å². The fourth-order valence-electron chi connectivity index (χ4n) is 3.42. The molecule has 9 heteroatoms. The van der Waals surface area contributed by atoms with Gasteiger partial charge in [-0.25, -0.2) is 9.97 Å². The highest BCUT2D eigenvalue weighted by Gasteiger charge is 2.31. The van der Waals surface area contributed by atoms with Crippen LogP contribution in [0.2, 0.25) is 0 Å². The van der Waals surface area contributed by atoms with Crippen molar-refractivity contribution in [2.45, 2.75) is 26.0 Å². The van der Waals surface area contributed by atoms with Gasteiger partial charge in [0.05, 0.1) is 30.4 Å². The second-order valence-electron chi connectivity index (χ2n) is 7.66. The molecular formula is C22H25N5O3S. The molecule has 162 valence electrons. The number of methoxy groups -OCH3 is 1. The predicted molar refractivity (Wildman–Crippen MR) is 120 cm³/mol. The van der Waals surface area contributed by atoms with Crippen molar-refractivity contribution in [2.75, 3.05) is 24.8 Å². The number of hydrogen-bond donors (Lipinski definition) is 1. The maximum Gasteiger partial charge on any atom is 0.252 e. The third-order valence-corrected chi connectivity index (χ3v) is 6.08. The number of carbonyl (C=O) groups is 1. The molecule has 0 spiro atoms. The Hall–Kier alpha value is -3.07. The van der Waals surface area contributed by atoms with Gasteiger partial charge in [-0.05, 0) is 36.6 Å². The van der Waals surface area contributed by atoms with Gasteiger partial charge in [0.15, 0.2) is 11.5 Å². The second-order valence-corrected chi connectivity index (χ2v) is 8.76. The van der Waals surface area contributed by atoms with E-state index in [1.54, 1.807) is 42.0 Å². The van der Waals surface area contributed by atoms with E-state index in [0.29, 0.717) is 41.5 Å². The van der Waals surface area contributed by atoms with Crippen molar-refractivity contribution in [3.05, 3.63) is 53.5 Å². The van der Waals surface area contributed by atoms with Gasteiger partial charge >= 0.3 is 0 Å². The molecule has 3 heterocycles. The van der Waals surface area contributed by atoms with E-state index in [9.17, 15) is 4.79 Å². The Balaban J connectivity index is 1.77. The summed E-state index contributed by atoms with van der Waals surface area (Å²) in [5, 5.41) is 7.51. The Labute approximate surface area is 185 Å². The van der Waals surface area contributed by atoms with Crippen LogP contribution < -0.4 is 14.8 Å². The minimum Gasteiger partial charge on any atom is -0.493 e. The molecule has 0 aliphatic carbocycles. The Bertz CT molecular complexity index is 1080. The van der Waals surface area contributed by atoms with Gasteiger partial charge in [-0.15, -0.1) is 11.8 Å². The highest BCUT2D eigenvalue weighted by atomic mass is 32.2. The molecule has 3 aromatic rings. The third-order valence-electron chi connectivity index (χ3n) is 4.81. The van der Waals surface area contributed by atoms with Crippen LogP contribution in [0.4, 0.5) is 5.82 Å². The number of carbonyl (C=O) groups excluding carboxylic acids is 1. The molecule has 1 atom stereocenters. The summed E-state index contributed by atoms with van der Waals surface area (Å²) >= 11 is 1.55. The van der Waals surface area contributed by atoms with Gasteiger partial charge in [0.25, 0.3) is 5.95 Å². The second kappa shape index (κ2) is 8.97. The quantitative estimate of drug-likeness (QED) is 0.625. The summed E-state index contributed by atoms with van der Waals surface area (Å²) in [5.74, 6) is 3.03. The van der Waals surface area contributed by atoms with Crippen molar-refractivity contribution in [1.82, 2.24) is 19.7 Å². The molecular weight excluding hydrogens is 414 g/mol. The summed E-state index contributed by atoms with van der Waals surface area (Å²) in [7, 11) is 1.63. The Morgan fingerprint density at radius 2 is 2.03 bits per heavy atom. The fourth-order valence-corrected chi connectivity index (χ4v) is 4.59. The van der Waals surface area contributed by atoms with Crippen LogP contribution >= 0.6 is 11.8 Å². The predicted octanol–water partition coefficient (Wildman–Crippen LogP) is 3.79. The van der Waals surface area contributed by atoms with Crippen LogP contribution in [0, 0.1) is 12.8 Å². The largest absolute Gasteiger partial charge is 0.493 e. The molecule has 0 saturated heterocycles. The normalized spacial score (nSPS) is 15.9. The van der Waals surface area contributed by atoms with Gasteiger partial charge < -0.3 is 14.8 Å². The van der Waals surface area contributed by atoms with Gasteiger partial charge in [-0.2, -0.15) is 9.78 Å². The first-order valence-electron chi connectivity index (χ1n) is 10.1. The number of hydrogen-bond acceptors (Lipinski definition) is 7. The van der Waals surface area contributed by atoms with Crippen molar-refractivity contribution in [3.8, 4) is 17.4 Å². The van der Waals surface area contributed by atoms with E-state index in [1.165, 1.54) is 0 Å². The molecule has 8 nitrogen and oxygen atoms in total. The van der Waals surface area contributed by atoms with Crippen LogP contribution in [0.5, 0.6) is 11.5 Å². The van der Waals surface area contributed by atoms with Gasteiger partial charge in [0.1, 0.15) is 5.82 Å². The number of aromatic nitrogens is 4. The molecule has 0 radical (unpaired) electrons. The molecule has 31 heavy (non-hydrogen) atoms. The van der Waals surface area contributed by atoms with Crippen LogP contribution in [0.25, 0.3) is 5.95 Å². The number of thioether (sulfide) groups is 1. The fraction of sp³-hybridized carbons (Fsp3) is 0.364. The van der Waals surface area contributed by atoms with Crippen molar-refractivity contribution >= 4 is 23.5 Å². The summed E-state index contributed by atoms with van der Waals surface area (Å²) < 4.78 is 13.1. The number of nitrogens with zero attached hydrogens (tertiary/aromatic N) is 4. The smallest absolute Gasteiger partial charge is 0.252 e. The molecule has 0 saturated carbocycles. The molecule has 1 aliphatic rings. The minimum absolute atomic E-state index is 0.0883. The van der Waals surface area contributed by atoms with Crippen molar-refractivity contribution in [1.29, 1.82) is 0 Å². The van der Waals surface area contributed by atoms with Crippen LogP contribution in [0.15, 0.2) is 36.7 Å². The van der Waals surface area contributed by atoms with Gasteiger partial charge in [-0.1, -0.05) is 19.9 Å². The molecule has 1 aromatic carbocycles. The summed E-state index contributed by atoms with van der Waals surface area (Å²) in [5.41, 5.74) is 2.75. The molecule has 0 fully saturated rings. The van der Waals surface area contributed by atoms with Crippen molar-refractivity contribution in [2.24, 2.45) is 5.92 Å². The standard InChI is InChI=1S/C22H25N5O3S/c1-13(2)11-30-16-7-6-15(10-17(16)29-4)20-19-14(3)26-27(22-23-8-5-9-24-22)21(19)25-18(28)12-31-20/h5-10,13,20H,11-12H2,1-4H3,(H,25,28)/t20-/m0/s1. The summed E-state index contributed by atoms with van der Waals surface area (Å²) in [6, 6.07) is 7.66. The number of amides is 1. The average Bonchev–Trinajstić information content (AvgIpc) is 2.97. The Morgan fingerprint density at radius 1 is 1.26 bits per heavy atom. The highest BCUT2D eigenvalue weighted by Crippen LogP contribution is 2.45. The third kappa shape index (κ3) is 4.36. The molecule has 0 unspecified atom stereocenters. The first-order chi connectivity index (χ1) is 15.0. The summed E-state index contributed by atoms with van der Waals surface area (Å²) in [4.78, 5) is 21.1. The van der Waals surface area contributed by atoms with Gasteiger partial charge in [-0.3, -0.25) is 4.79 Å². The monoisotopic (exact) mass is 439 g/mol. The Morgan fingerprint density at radius 3 is 2.74 bits per heavy atom. The minimum atomic E-state index is -0.112. The SMILES string of the molecule is COc1cc([C@@H]2SCC(=O)Nc3c2c(C)nn3-c2ncccn2)ccc1OCC(C)C. The van der Waals surface area contributed by atoms with Crippen LogP contribution in [-0.2, 0) is 4.79 Å². The van der Waals surface area contributed by atoms with E-state index in [2.05, 4.69) is 34.2 Å². The topological polar surface area (TPSA) is 91.2 Å². The molecule has 2 aromatic heterocycles.